The lowest BCUT2D eigenvalue weighted by atomic mass is 9.94. The number of nitrogens with two attached hydrogens (primary N) is 1. The van der Waals surface area contributed by atoms with E-state index in [1.807, 2.05) is 34.9 Å². The number of hydrogen-bond acceptors (Lipinski definition) is 3. The van der Waals surface area contributed by atoms with Gasteiger partial charge in [-0.3, -0.25) is 9.59 Å². The van der Waals surface area contributed by atoms with Gasteiger partial charge in [0.1, 0.15) is 0 Å². The summed E-state index contributed by atoms with van der Waals surface area (Å²) in [5, 5.41) is 0. The van der Waals surface area contributed by atoms with E-state index in [9.17, 15) is 9.59 Å². The van der Waals surface area contributed by atoms with Crippen LogP contribution in [0.4, 0.5) is 5.69 Å². The van der Waals surface area contributed by atoms with E-state index < -0.39 is 0 Å². The highest BCUT2D eigenvalue weighted by Gasteiger charge is 2.33. The van der Waals surface area contributed by atoms with Gasteiger partial charge in [0.2, 0.25) is 11.8 Å². The molecular weight excluding hydrogens is 290 g/mol. The number of rotatable bonds is 3. The van der Waals surface area contributed by atoms with Crippen LogP contribution < -0.4 is 10.6 Å². The maximum absolute atomic E-state index is 12.8. The summed E-state index contributed by atoms with van der Waals surface area (Å²) in [5.41, 5.74) is 7.89. The Kier molecular flexibility index (Phi) is 4.66. The SMILES string of the molecule is CC(CN)C(=O)N1CCC(C(=O)N2CCc3ccccc32)CC1. The second-order valence-corrected chi connectivity index (χ2v) is 6.60. The molecule has 1 fully saturated rings. The molecule has 3 rings (SSSR count). The predicted molar refractivity (Wildman–Crippen MR) is 90.0 cm³/mol. The molecule has 0 bridgehead atoms. The molecular formula is C18H25N3O2. The number of benzene rings is 1. The molecule has 0 saturated carbocycles. The van der Waals surface area contributed by atoms with E-state index in [0.29, 0.717) is 19.6 Å². The van der Waals surface area contributed by atoms with Gasteiger partial charge in [-0.05, 0) is 30.9 Å². The van der Waals surface area contributed by atoms with Gasteiger partial charge in [0.05, 0.1) is 0 Å². The maximum atomic E-state index is 12.8. The number of carbonyl (C=O) groups excluding carboxylic acids is 2. The van der Waals surface area contributed by atoms with Gasteiger partial charge in [0.15, 0.2) is 0 Å². The highest BCUT2D eigenvalue weighted by molar-refractivity contribution is 5.97. The van der Waals surface area contributed by atoms with E-state index in [-0.39, 0.29) is 23.7 Å². The van der Waals surface area contributed by atoms with Gasteiger partial charge >= 0.3 is 0 Å². The highest BCUT2D eigenvalue weighted by atomic mass is 16.2. The Labute approximate surface area is 137 Å². The van der Waals surface area contributed by atoms with Gasteiger partial charge in [-0.1, -0.05) is 25.1 Å². The average molecular weight is 315 g/mol. The van der Waals surface area contributed by atoms with Crippen LogP contribution in [0.3, 0.4) is 0 Å². The Balaban J connectivity index is 1.60. The zero-order chi connectivity index (χ0) is 16.4. The highest BCUT2D eigenvalue weighted by Crippen LogP contribution is 2.31. The third-order valence-corrected chi connectivity index (χ3v) is 5.08. The van der Waals surface area contributed by atoms with Crippen LogP contribution in [0.15, 0.2) is 24.3 Å². The van der Waals surface area contributed by atoms with Crippen LogP contribution in [0.5, 0.6) is 0 Å². The fourth-order valence-corrected chi connectivity index (χ4v) is 3.55. The van der Waals surface area contributed by atoms with Crippen LogP contribution in [0.1, 0.15) is 25.3 Å². The van der Waals surface area contributed by atoms with Crippen LogP contribution in [0.2, 0.25) is 0 Å². The minimum atomic E-state index is -0.132. The number of anilines is 1. The molecule has 1 atom stereocenters. The zero-order valence-corrected chi connectivity index (χ0v) is 13.7. The second kappa shape index (κ2) is 6.71. The van der Waals surface area contributed by atoms with Crippen LogP contribution in [-0.4, -0.2) is 42.9 Å². The van der Waals surface area contributed by atoms with Crippen molar-refractivity contribution < 1.29 is 9.59 Å². The van der Waals surface area contributed by atoms with Crippen LogP contribution in [-0.2, 0) is 16.0 Å². The maximum Gasteiger partial charge on any atom is 0.230 e. The largest absolute Gasteiger partial charge is 0.342 e. The Morgan fingerprint density at radius 1 is 1.22 bits per heavy atom. The molecule has 0 aromatic heterocycles. The van der Waals surface area contributed by atoms with Gasteiger partial charge in [-0.2, -0.15) is 0 Å². The molecule has 23 heavy (non-hydrogen) atoms. The zero-order valence-electron chi connectivity index (χ0n) is 13.7. The lowest BCUT2D eigenvalue weighted by molar-refractivity contribution is -0.137. The first-order chi connectivity index (χ1) is 11.1. The van der Waals surface area contributed by atoms with Crippen molar-refractivity contribution in [2.24, 2.45) is 17.6 Å². The van der Waals surface area contributed by atoms with Crippen molar-refractivity contribution in [3.63, 3.8) is 0 Å². The van der Waals surface area contributed by atoms with Crippen molar-refractivity contribution >= 4 is 17.5 Å². The number of hydrogen-bond donors (Lipinski definition) is 1. The molecule has 2 heterocycles. The van der Waals surface area contributed by atoms with Gasteiger partial charge in [-0.25, -0.2) is 0 Å². The van der Waals surface area contributed by atoms with Crippen LogP contribution in [0, 0.1) is 11.8 Å². The van der Waals surface area contributed by atoms with E-state index in [1.165, 1.54) is 5.56 Å². The molecule has 124 valence electrons. The minimum Gasteiger partial charge on any atom is -0.342 e. The second-order valence-electron chi connectivity index (χ2n) is 6.60. The van der Waals surface area contributed by atoms with Crippen LogP contribution >= 0.6 is 0 Å². The summed E-state index contributed by atoms with van der Waals surface area (Å²) >= 11 is 0. The molecule has 2 aliphatic heterocycles. The summed E-state index contributed by atoms with van der Waals surface area (Å²) < 4.78 is 0. The summed E-state index contributed by atoms with van der Waals surface area (Å²) in [6.45, 7) is 4.34. The number of amides is 2. The third-order valence-electron chi connectivity index (χ3n) is 5.08. The molecule has 2 amide bonds. The van der Waals surface area contributed by atoms with Crippen molar-refractivity contribution in [1.29, 1.82) is 0 Å². The van der Waals surface area contributed by atoms with Crippen molar-refractivity contribution in [3.8, 4) is 0 Å². The molecule has 1 aromatic carbocycles. The van der Waals surface area contributed by atoms with Gasteiger partial charge in [-0.15, -0.1) is 0 Å². The molecule has 1 aromatic rings. The summed E-state index contributed by atoms with van der Waals surface area (Å²) in [6.07, 6.45) is 2.44. The molecule has 0 aliphatic carbocycles. The van der Waals surface area contributed by atoms with E-state index in [1.54, 1.807) is 0 Å². The monoisotopic (exact) mass is 315 g/mol. The molecule has 2 N–H and O–H groups in total. The lowest BCUT2D eigenvalue weighted by Crippen LogP contribution is -2.46. The Morgan fingerprint density at radius 3 is 2.61 bits per heavy atom. The fourth-order valence-electron chi connectivity index (χ4n) is 3.55. The lowest BCUT2D eigenvalue weighted by Gasteiger charge is -2.34. The number of fused-ring (bicyclic) bond motifs is 1. The van der Waals surface area contributed by atoms with Crippen molar-refractivity contribution in [1.82, 2.24) is 4.90 Å². The van der Waals surface area contributed by atoms with E-state index in [2.05, 4.69) is 6.07 Å². The first-order valence-corrected chi connectivity index (χ1v) is 8.50. The Bertz CT molecular complexity index is 594. The summed E-state index contributed by atoms with van der Waals surface area (Å²) in [7, 11) is 0. The van der Waals surface area contributed by atoms with E-state index >= 15 is 0 Å². The van der Waals surface area contributed by atoms with E-state index in [0.717, 1.165) is 31.5 Å². The summed E-state index contributed by atoms with van der Waals surface area (Å²) in [4.78, 5) is 28.8. The molecule has 5 heteroatoms. The molecule has 1 saturated heterocycles. The third kappa shape index (κ3) is 3.11. The molecule has 0 radical (unpaired) electrons. The van der Waals surface area contributed by atoms with Gasteiger partial charge in [0.25, 0.3) is 0 Å². The van der Waals surface area contributed by atoms with Gasteiger partial charge < -0.3 is 15.5 Å². The normalized spacial score (nSPS) is 19.6. The van der Waals surface area contributed by atoms with Crippen molar-refractivity contribution in [3.05, 3.63) is 29.8 Å². The number of likely N-dealkylation sites (tertiary alicyclic amines) is 1. The number of nitrogens with zero attached hydrogens (tertiary/aromatic N) is 2. The minimum absolute atomic E-state index is 0.0263. The standard InChI is InChI=1S/C18H25N3O2/c1-13(12-19)17(22)20-9-6-15(7-10-20)18(23)21-11-8-14-4-2-3-5-16(14)21/h2-5,13,15H,6-12,19H2,1H3. The molecule has 0 spiro atoms. The first kappa shape index (κ1) is 16.0. The smallest absolute Gasteiger partial charge is 0.230 e. The van der Waals surface area contributed by atoms with E-state index in [4.69, 9.17) is 5.73 Å². The number of para-hydroxylation sites is 1. The Hall–Kier alpha value is -1.88. The number of piperidine rings is 1. The topological polar surface area (TPSA) is 66.6 Å². The molecule has 5 nitrogen and oxygen atoms in total. The molecule has 1 unspecified atom stereocenters. The molecule has 2 aliphatic rings. The van der Waals surface area contributed by atoms with Crippen molar-refractivity contribution in [2.45, 2.75) is 26.2 Å². The van der Waals surface area contributed by atoms with Crippen molar-refractivity contribution in [2.75, 3.05) is 31.1 Å². The number of carbonyl (C=O) groups is 2. The van der Waals surface area contributed by atoms with Gasteiger partial charge in [0, 0.05) is 43.7 Å². The Morgan fingerprint density at radius 2 is 1.91 bits per heavy atom. The average Bonchev–Trinajstić information content (AvgIpc) is 3.04. The summed E-state index contributed by atoms with van der Waals surface area (Å²) in [6, 6.07) is 8.13. The first-order valence-electron chi connectivity index (χ1n) is 8.50. The predicted octanol–water partition coefficient (Wildman–Crippen LogP) is 1.41. The fraction of sp³-hybridized carbons (Fsp3) is 0.556. The van der Waals surface area contributed by atoms with Crippen LogP contribution in [0.25, 0.3) is 0 Å². The summed E-state index contributed by atoms with van der Waals surface area (Å²) in [5.74, 6) is 0.227. The quantitative estimate of drug-likeness (QED) is 0.917.